The van der Waals surface area contributed by atoms with Crippen molar-refractivity contribution in [3.8, 4) is 0 Å². The lowest BCUT2D eigenvalue weighted by Crippen LogP contribution is -2.25. The van der Waals surface area contributed by atoms with Crippen LogP contribution in [0.2, 0.25) is 0 Å². The second-order valence-corrected chi connectivity index (χ2v) is 6.43. The number of carbonyl (C=O) groups is 1. The molecule has 0 spiro atoms. The molecule has 1 aromatic carbocycles. The third-order valence-corrected chi connectivity index (χ3v) is 4.59. The van der Waals surface area contributed by atoms with Gasteiger partial charge in [-0.2, -0.15) is 0 Å². The van der Waals surface area contributed by atoms with E-state index in [1.54, 1.807) is 0 Å². The molecule has 3 N–H and O–H groups in total. The number of aromatic carboxylic acids is 1. The average Bonchev–Trinajstić information content (AvgIpc) is 2.46. The van der Waals surface area contributed by atoms with Gasteiger partial charge in [-0.3, -0.25) is 0 Å². The number of aryl methyl sites for hydroxylation is 1. The Balaban J connectivity index is 2.83. The van der Waals surface area contributed by atoms with Gasteiger partial charge in [0.1, 0.15) is 0 Å². The molecule has 7 heteroatoms. The molecule has 0 saturated carbocycles. The van der Waals surface area contributed by atoms with Gasteiger partial charge < -0.3 is 10.2 Å². The molecule has 0 radical (unpaired) electrons. The average molecular weight is 315 g/mol. The zero-order valence-corrected chi connectivity index (χ0v) is 12.8. The summed E-state index contributed by atoms with van der Waals surface area (Å²) in [4.78, 5) is 11.1. The first-order chi connectivity index (χ1) is 9.92. The van der Waals surface area contributed by atoms with Crippen molar-refractivity contribution in [1.29, 1.82) is 0 Å². The molecule has 0 heterocycles. The Hall–Kier alpha value is -1.44. The number of aliphatic hydroxyl groups is 1. The van der Waals surface area contributed by atoms with Gasteiger partial charge in [-0.05, 0) is 43.4 Å². The topological polar surface area (TPSA) is 104 Å². The van der Waals surface area contributed by atoms with Gasteiger partial charge in [0.15, 0.2) is 0 Å². The van der Waals surface area contributed by atoms with Crippen LogP contribution >= 0.6 is 0 Å². The van der Waals surface area contributed by atoms with E-state index in [1.165, 1.54) is 18.2 Å². The standard InChI is InChI=1S/C14H21NO5S/c1-2-11-6-7-12(10-13(11)14(17)18)21(19,20)15-8-4-3-5-9-16/h6-7,10,15-16H,2-5,8-9H2,1H3,(H,17,18). The molecule has 0 unspecified atom stereocenters. The van der Waals surface area contributed by atoms with Crippen LogP contribution in [0.15, 0.2) is 23.1 Å². The summed E-state index contributed by atoms with van der Waals surface area (Å²) in [6.07, 6.45) is 2.51. The Bertz CT molecular complexity index is 583. The zero-order valence-electron chi connectivity index (χ0n) is 12.0. The van der Waals surface area contributed by atoms with Crippen LogP contribution in [0.1, 0.15) is 42.1 Å². The molecule has 0 aliphatic carbocycles. The minimum atomic E-state index is -3.70. The summed E-state index contributed by atoms with van der Waals surface area (Å²) in [5, 5.41) is 17.8. The predicted molar refractivity (Wildman–Crippen MR) is 78.9 cm³/mol. The van der Waals surface area contributed by atoms with Crippen LogP contribution in [0.25, 0.3) is 0 Å². The van der Waals surface area contributed by atoms with Crippen LogP contribution < -0.4 is 4.72 Å². The molecule has 1 aromatic rings. The maximum atomic E-state index is 12.1. The Labute approximate surface area is 124 Å². The quantitative estimate of drug-likeness (QED) is 0.597. The summed E-state index contributed by atoms with van der Waals surface area (Å²) in [5.74, 6) is -1.13. The van der Waals surface area contributed by atoms with Gasteiger partial charge >= 0.3 is 5.97 Å². The molecule has 21 heavy (non-hydrogen) atoms. The van der Waals surface area contributed by atoms with Gasteiger partial charge in [0.25, 0.3) is 0 Å². The number of unbranched alkanes of at least 4 members (excludes halogenated alkanes) is 2. The van der Waals surface area contributed by atoms with Crippen molar-refractivity contribution in [2.45, 2.75) is 37.5 Å². The number of benzene rings is 1. The fourth-order valence-electron chi connectivity index (χ4n) is 1.93. The van der Waals surface area contributed by atoms with E-state index >= 15 is 0 Å². The zero-order chi connectivity index (χ0) is 15.9. The fraction of sp³-hybridized carbons (Fsp3) is 0.500. The lowest BCUT2D eigenvalue weighted by molar-refractivity contribution is 0.0695. The Kier molecular flexibility index (Phi) is 6.80. The maximum Gasteiger partial charge on any atom is 0.336 e. The number of carboxylic acid groups (broad SMARTS) is 1. The van der Waals surface area contributed by atoms with Crippen LogP contribution in [-0.2, 0) is 16.4 Å². The molecule has 0 amide bonds. The second-order valence-electron chi connectivity index (χ2n) is 4.66. The van der Waals surface area contributed by atoms with E-state index in [0.29, 0.717) is 24.8 Å². The van der Waals surface area contributed by atoms with Crippen molar-refractivity contribution in [3.05, 3.63) is 29.3 Å². The minimum Gasteiger partial charge on any atom is -0.478 e. The van der Waals surface area contributed by atoms with Crippen molar-refractivity contribution in [2.75, 3.05) is 13.2 Å². The lowest BCUT2D eigenvalue weighted by Gasteiger charge is -2.09. The van der Waals surface area contributed by atoms with Gasteiger partial charge in [0.05, 0.1) is 10.5 Å². The smallest absolute Gasteiger partial charge is 0.336 e. The van der Waals surface area contributed by atoms with Gasteiger partial charge in [-0.1, -0.05) is 13.0 Å². The number of carboxylic acids is 1. The van der Waals surface area contributed by atoms with Crippen LogP contribution in [-0.4, -0.2) is 37.8 Å². The van der Waals surface area contributed by atoms with Crippen LogP contribution in [0.3, 0.4) is 0 Å². The summed E-state index contributed by atoms with van der Waals surface area (Å²) in [6, 6.07) is 4.14. The molecule has 0 fully saturated rings. The van der Waals surface area contributed by atoms with E-state index in [0.717, 1.165) is 6.42 Å². The van der Waals surface area contributed by atoms with Crippen LogP contribution in [0.4, 0.5) is 0 Å². The van der Waals surface area contributed by atoms with E-state index in [4.69, 9.17) is 10.2 Å². The molecule has 0 atom stereocenters. The fourth-order valence-corrected chi connectivity index (χ4v) is 3.03. The molecule has 1 rings (SSSR count). The molecule has 0 aliphatic rings. The molecule has 0 saturated heterocycles. The van der Waals surface area contributed by atoms with E-state index < -0.39 is 16.0 Å². The van der Waals surface area contributed by atoms with Gasteiger partial charge in [-0.25, -0.2) is 17.9 Å². The molecular weight excluding hydrogens is 294 g/mol. The van der Waals surface area contributed by atoms with Crippen LogP contribution in [0.5, 0.6) is 0 Å². The van der Waals surface area contributed by atoms with Gasteiger partial charge in [0, 0.05) is 13.2 Å². The third kappa shape index (κ3) is 5.11. The summed E-state index contributed by atoms with van der Waals surface area (Å²) in [7, 11) is -3.70. The highest BCUT2D eigenvalue weighted by Crippen LogP contribution is 2.17. The number of hydrogen-bond acceptors (Lipinski definition) is 4. The lowest BCUT2D eigenvalue weighted by atomic mass is 10.1. The highest BCUT2D eigenvalue weighted by molar-refractivity contribution is 7.89. The van der Waals surface area contributed by atoms with Gasteiger partial charge in [-0.15, -0.1) is 0 Å². The van der Waals surface area contributed by atoms with Crippen molar-refractivity contribution in [2.24, 2.45) is 0 Å². The first-order valence-corrected chi connectivity index (χ1v) is 8.37. The Morgan fingerprint density at radius 3 is 2.52 bits per heavy atom. The summed E-state index contributed by atoms with van der Waals surface area (Å²) in [6.45, 7) is 2.17. The number of aliphatic hydroxyl groups excluding tert-OH is 1. The largest absolute Gasteiger partial charge is 0.478 e. The highest BCUT2D eigenvalue weighted by atomic mass is 32.2. The molecule has 0 aromatic heterocycles. The summed E-state index contributed by atoms with van der Waals surface area (Å²) < 4.78 is 26.6. The summed E-state index contributed by atoms with van der Waals surface area (Å²) in [5.41, 5.74) is 0.616. The second kappa shape index (κ2) is 8.11. The molecule has 6 nitrogen and oxygen atoms in total. The van der Waals surface area contributed by atoms with Crippen molar-refractivity contribution in [3.63, 3.8) is 0 Å². The third-order valence-electron chi connectivity index (χ3n) is 3.13. The summed E-state index contributed by atoms with van der Waals surface area (Å²) >= 11 is 0. The number of hydrogen-bond donors (Lipinski definition) is 3. The van der Waals surface area contributed by atoms with E-state index in [-0.39, 0.29) is 23.6 Å². The normalized spacial score (nSPS) is 11.5. The molecule has 0 aliphatic heterocycles. The van der Waals surface area contributed by atoms with Crippen molar-refractivity contribution in [1.82, 2.24) is 4.72 Å². The Morgan fingerprint density at radius 2 is 1.95 bits per heavy atom. The monoisotopic (exact) mass is 315 g/mol. The van der Waals surface area contributed by atoms with E-state index in [1.807, 2.05) is 6.92 Å². The van der Waals surface area contributed by atoms with Gasteiger partial charge in [0.2, 0.25) is 10.0 Å². The van der Waals surface area contributed by atoms with Crippen molar-refractivity contribution < 1.29 is 23.4 Å². The SMILES string of the molecule is CCc1ccc(S(=O)(=O)NCCCCCO)cc1C(=O)O. The molecular formula is C14H21NO5S. The molecule has 118 valence electrons. The highest BCUT2D eigenvalue weighted by Gasteiger charge is 2.17. The maximum absolute atomic E-state index is 12.1. The molecule has 0 bridgehead atoms. The van der Waals surface area contributed by atoms with Crippen LogP contribution in [0, 0.1) is 0 Å². The first-order valence-electron chi connectivity index (χ1n) is 6.89. The number of sulfonamides is 1. The first kappa shape index (κ1) is 17.6. The Morgan fingerprint density at radius 1 is 1.24 bits per heavy atom. The van der Waals surface area contributed by atoms with E-state index in [2.05, 4.69) is 4.72 Å². The van der Waals surface area contributed by atoms with Crippen molar-refractivity contribution >= 4 is 16.0 Å². The number of nitrogens with one attached hydrogen (secondary N) is 1. The number of rotatable bonds is 9. The minimum absolute atomic E-state index is 0.0145. The predicted octanol–water partition coefficient (Wildman–Crippen LogP) is 1.39. The van der Waals surface area contributed by atoms with E-state index in [9.17, 15) is 13.2 Å².